The van der Waals surface area contributed by atoms with Crippen molar-refractivity contribution in [2.45, 2.75) is 78.7 Å². The average Bonchev–Trinajstić information content (AvgIpc) is 2.47. The Bertz CT molecular complexity index is 285. The number of carbonyl (C=O) groups is 1. The summed E-state index contributed by atoms with van der Waals surface area (Å²) >= 11 is 0. The molecule has 0 bridgehead atoms. The number of nitrogens with zero attached hydrogens (tertiary/aromatic N) is 1. The lowest BCUT2D eigenvalue weighted by Gasteiger charge is -2.29. The molecular weight excluding hydrogens is 262 g/mol. The number of hydrogen-bond acceptors (Lipinski definition) is 3. The predicted molar refractivity (Wildman–Crippen MR) is 90.5 cm³/mol. The number of likely N-dealkylation sites (N-methyl/N-ethyl adjacent to an activating group) is 1. The van der Waals surface area contributed by atoms with Crippen molar-refractivity contribution < 1.29 is 9.53 Å². The van der Waals surface area contributed by atoms with Gasteiger partial charge in [-0.05, 0) is 26.4 Å². The summed E-state index contributed by atoms with van der Waals surface area (Å²) < 4.78 is 5.37. The van der Waals surface area contributed by atoms with Gasteiger partial charge >= 0.3 is 5.97 Å². The van der Waals surface area contributed by atoms with E-state index in [9.17, 15) is 4.79 Å². The Hall–Kier alpha value is -0.830. The van der Waals surface area contributed by atoms with E-state index in [0.29, 0.717) is 18.2 Å². The number of unbranched alkanes of at least 4 members (excludes halogenated alkanes) is 5. The minimum absolute atomic E-state index is 0.268. The van der Waals surface area contributed by atoms with E-state index in [0.717, 1.165) is 19.5 Å². The van der Waals surface area contributed by atoms with Crippen molar-refractivity contribution in [2.75, 3.05) is 19.7 Å². The zero-order valence-corrected chi connectivity index (χ0v) is 14.6. The van der Waals surface area contributed by atoms with E-state index in [1.54, 1.807) is 6.92 Å². The molecule has 0 aliphatic carbocycles. The molecule has 0 aromatic heterocycles. The van der Waals surface area contributed by atoms with E-state index >= 15 is 0 Å². The summed E-state index contributed by atoms with van der Waals surface area (Å²) in [6.07, 6.45) is 8.91. The molecule has 0 amide bonds. The van der Waals surface area contributed by atoms with E-state index in [2.05, 4.69) is 32.3 Å². The van der Waals surface area contributed by atoms with Crippen LogP contribution in [0, 0.1) is 0 Å². The van der Waals surface area contributed by atoms with Crippen LogP contribution in [0.1, 0.15) is 72.6 Å². The fourth-order valence-corrected chi connectivity index (χ4v) is 2.57. The first-order valence-electron chi connectivity index (χ1n) is 8.63. The quantitative estimate of drug-likeness (QED) is 0.283. The maximum atomic E-state index is 11.6. The lowest BCUT2D eigenvalue weighted by atomic mass is 10.0. The number of rotatable bonds is 13. The second kappa shape index (κ2) is 12.9. The molecule has 0 rings (SSSR count). The third-order valence-corrected chi connectivity index (χ3v) is 3.97. The van der Waals surface area contributed by atoms with Crippen LogP contribution in [0.4, 0.5) is 0 Å². The van der Waals surface area contributed by atoms with Crippen LogP contribution in [0.3, 0.4) is 0 Å². The molecule has 0 spiro atoms. The van der Waals surface area contributed by atoms with Crippen LogP contribution in [0.15, 0.2) is 12.2 Å². The fourth-order valence-electron chi connectivity index (χ4n) is 2.57. The molecule has 0 radical (unpaired) electrons. The lowest BCUT2D eigenvalue weighted by Crippen LogP contribution is -2.39. The van der Waals surface area contributed by atoms with Crippen LogP contribution in [-0.2, 0) is 9.53 Å². The molecule has 0 saturated heterocycles. The second-order valence-corrected chi connectivity index (χ2v) is 5.81. The van der Waals surface area contributed by atoms with Crippen molar-refractivity contribution in [3.8, 4) is 0 Å². The van der Waals surface area contributed by atoms with Gasteiger partial charge in [-0.25, -0.2) is 4.79 Å². The SMILES string of the molecule is C=C(C)C(=O)OCC(CCCCCCCC)N(CC)CC. The third kappa shape index (κ3) is 9.67. The molecular formula is C18H35NO2. The first-order valence-corrected chi connectivity index (χ1v) is 8.63. The number of esters is 1. The maximum Gasteiger partial charge on any atom is 0.333 e. The summed E-state index contributed by atoms with van der Waals surface area (Å²) in [6.45, 7) is 14.4. The molecule has 3 heteroatoms. The molecule has 1 unspecified atom stereocenters. The zero-order valence-electron chi connectivity index (χ0n) is 14.6. The summed E-state index contributed by atoms with van der Waals surface area (Å²) in [6, 6.07) is 0.342. The van der Waals surface area contributed by atoms with E-state index in [1.807, 2.05) is 0 Å². The van der Waals surface area contributed by atoms with Crippen molar-refractivity contribution in [3.05, 3.63) is 12.2 Å². The third-order valence-electron chi connectivity index (χ3n) is 3.97. The van der Waals surface area contributed by atoms with Gasteiger partial charge in [0.2, 0.25) is 0 Å². The van der Waals surface area contributed by atoms with E-state index in [4.69, 9.17) is 4.74 Å². The van der Waals surface area contributed by atoms with E-state index in [1.165, 1.54) is 38.5 Å². The van der Waals surface area contributed by atoms with Gasteiger partial charge in [0.1, 0.15) is 6.61 Å². The largest absolute Gasteiger partial charge is 0.461 e. The number of hydrogen-bond donors (Lipinski definition) is 0. The van der Waals surface area contributed by atoms with Crippen LogP contribution in [0.5, 0.6) is 0 Å². The molecule has 0 aliphatic rings. The Balaban J connectivity index is 4.14. The Morgan fingerprint density at radius 1 is 1.05 bits per heavy atom. The van der Waals surface area contributed by atoms with Gasteiger partial charge in [-0.2, -0.15) is 0 Å². The second-order valence-electron chi connectivity index (χ2n) is 5.81. The molecule has 1 atom stereocenters. The Morgan fingerprint density at radius 3 is 2.14 bits per heavy atom. The van der Waals surface area contributed by atoms with Crippen molar-refractivity contribution in [1.29, 1.82) is 0 Å². The zero-order chi connectivity index (χ0) is 16.1. The topological polar surface area (TPSA) is 29.5 Å². The van der Waals surface area contributed by atoms with Crippen LogP contribution in [-0.4, -0.2) is 36.6 Å². The van der Waals surface area contributed by atoms with Crippen molar-refractivity contribution in [2.24, 2.45) is 0 Å². The summed E-state index contributed by atoms with van der Waals surface area (Å²) in [5.74, 6) is -0.268. The van der Waals surface area contributed by atoms with Crippen LogP contribution >= 0.6 is 0 Å². The summed E-state index contributed by atoms with van der Waals surface area (Å²) in [4.78, 5) is 13.9. The summed E-state index contributed by atoms with van der Waals surface area (Å²) in [5, 5.41) is 0. The standard InChI is InChI=1S/C18H35NO2/c1-6-9-10-11-12-13-14-17(19(7-2)8-3)15-21-18(20)16(4)5/h17H,4,6-15H2,1-3,5H3. The monoisotopic (exact) mass is 297 g/mol. The molecule has 0 aliphatic heterocycles. The molecule has 0 heterocycles. The van der Waals surface area contributed by atoms with Gasteiger partial charge in [-0.1, -0.05) is 65.9 Å². The normalized spacial score (nSPS) is 12.4. The molecule has 21 heavy (non-hydrogen) atoms. The molecule has 0 aromatic carbocycles. The van der Waals surface area contributed by atoms with E-state index < -0.39 is 0 Å². The Labute approximate surface area is 131 Å². The predicted octanol–water partition coefficient (Wildman–Crippen LogP) is 4.57. The Kier molecular flexibility index (Phi) is 12.4. The van der Waals surface area contributed by atoms with Gasteiger partial charge in [-0.3, -0.25) is 4.90 Å². The summed E-state index contributed by atoms with van der Waals surface area (Å²) in [5.41, 5.74) is 0.480. The van der Waals surface area contributed by atoms with Gasteiger partial charge in [0.15, 0.2) is 0 Å². The first kappa shape index (κ1) is 20.2. The van der Waals surface area contributed by atoms with Gasteiger partial charge in [0.05, 0.1) is 0 Å². The van der Waals surface area contributed by atoms with Gasteiger partial charge in [-0.15, -0.1) is 0 Å². The molecule has 0 saturated carbocycles. The highest BCUT2D eigenvalue weighted by molar-refractivity contribution is 5.86. The molecule has 0 aromatic rings. The van der Waals surface area contributed by atoms with Crippen molar-refractivity contribution in [1.82, 2.24) is 4.90 Å². The van der Waals surface area contributed by atoms with Crippen LogP contribution < -0.4 is 0 Å². The minimum atomic E-state index is -0.268. The number of carbonyl (C=O) groups excluding carboxylic acids is 1. The highest BCUT2D eigenvalue weighted by atomic mass is 16.5. The lowest BCUT2D eigenvalue weighted by molar-refractivity contribution is -0.140. The highest BCUT2D eigenvalue weighted by Gasteiger charge is 2.17. The molecule has 124 valence electrons. The molecule has 0 N–H and O–H groups in total. The molecule has 3 nitrogen and oxygen atoms in total. The van der Waals surface area contributed by atoms with E-state index in [-0.39, 0.29) is 5.97 Å². The van der Waals surface area contributed by atoms with Gasteiger partial charge in [0.25, 0.3) is 0 Å². The van der Waals surface area contributed by atoms with Crippen LogP contribution in [0.2, 0.25) is 0 Å². The fraction of sp³-hybridized carbons (Fsp3) is 0.833. The summed E-state index contributed by atoms with van der Waals surface area (Å²) in [7, 11) is 0. The van der Waals surface area contributed by atoms with Crippen molar-refractivity contribution in [3.63, 3.8) is 0 Å². The maximum absolute atomic E-state index is 11.6. The minimum Gasteiger partial charge on any atom is -0.461 e. The molecule has 0 fully saturated rings. The number of ether oxygens (including phenoxy) is 1. The Morgan fingerprint density at radius 2 is 1.62 bits per heavy atom. The average molecular weight is 297 g/mol. The smallest absolute Gasteiger partial charge is 0.333 e. The highest BCUT2D eigenvalue weighted by Crippen LogP contribution is 2.13. The first-order chi connectivity index (χ1) is 10.1. The van der Waals surface area contributed by atoms with Crippen LogP contribution in [0.25, 0.3) is 0 Å². The van der Waals surface area contributed by atoms with Gasteiger partial charge in [0, 0.05) is 11.6 Å². The van der Waals surface area contributed by atoms with Crippen molar-refractivity contribution >= 4 is 5.97 Å². The van der Waals surface area contributed by atoms with Gasteiger partial charge < -0.3 is 4.74 Å².